The van der Waals surface area contributed by atoms with Gasteiger partial charge < -0.3 is 16.0 Å². The van der Waals surface area contributed by atoms with Gasteiger partial charge in [-0.25, -0.2) is 0 Å². The summed E-state index contributed by atoms with van der Waals surface area (Å²) in [6.45, 7) is 1.37. The second-order valence-electron chi connectivity index (χ2n) is 8.53. The van der Waals surface area contributed by atoms with Crippen molar-refractivity contribution in [3.05, 3.63) is 77.5 Å². The number of nitrogens with zero attached hydrogens (tertiary/aromatic N) is 4. The molecule has 34 heavy (non-hydrogen) atoms. The highest BCUT2D eigenvalue weighted by molar-refractivity contribution is 6.33. The zero-order chi connectivity index (χ0) is 23.7. The Balaban J connectivity index is 1.44. The summed E-state index contributed by atoms with van der Waals surface area (Å²) >= 11 is 6.68. The molecule has 2 aliphatic heterocycles. The normalized spacial score (nSPS) is 17.3. The molecule has 1 amide bonds. The maximum atomic E-state index is 12.9. The van der Waals surface area contributed by atoms with E-state index in [1.165, 1.54) is 0 Å². The van der Waals surface area contributed by atoms with Gasteiger partial charge in [0.25, 0.3) is 0 Å². The van der Waals surface area contributed by atoms with Gasteiger partial charge in [0.15, 0.2) is 0 Å². The molecule has 4 heterocycles. The fourth-order valence-electron chi connectivity index (χ4n) is 4.97. The van der Waals surface area contributed by atoms with Crippen LogP contribution in [0.15, 0.2) is 66.2 Å². The third-order valence-electron chi connectivity index (χ3n) is 6.73. The number of hydrogen-bond donors (Lipinski definition) is 2. The van der Waals surface area contributed by atoms with Crippen LogP contribution in [0, 0.1) is 0 Å². The predicted octanol–water partition coefficient (Wildman–Crippen LogP) is 4.29. The summed E-state index contributed by atoms with van der Waals surface area (Å²) < 4.78 is 0. The van der Waals surface area contributed by atoms with Crippen molar-refractivity contribution in [2.24, 2.45) is 10.7 Å². The Morgan fingerprint density at radius 3 is 2.68 bits per heavy atom. The SMILES string of the molecule is CN=CC(=CN)c1ccc(-c2cncc(Cl)c2N2CCC3(CC2)C(=O)Nc2cccnc23)cc1. The van der Waals surface area contributed by atoms with Crippen molar-refractivity contribution in [3.8, 4) is 11.1 Å². The number of nitrogens with one attached hydrogen (secondary N) is 1. The van der Waals surface area contributed by atoms with Crippen molar-refractivity contribution >= 4 is 40.7 Å². The molecule has 1 aromatic carbocycles. The van der Waals surface area contributed by atoms with Gasteiger partial charge in [0, 0.05) is 62.3 Å². The number of carbonyl (C=O) groups excluding carboxylic acids is 1. The Kier molecular flexibility index (Phi) is 5.79. The van der Waals surface area contributed by atoms with Gasteiger partial charge in [0.2, 0.25) is 5.91 Å². The topological polar surface area (TPSA) is 96.5 Å². The van der Waals surface area contributed by atoms with Crippen LogP contribution in [0.25, 0.3) is 16.7 Å². The van der Waals surface area contributed by atoms with Gasteiger partial charge in [-0.3, -0.25) is 19.8 Å². The van der Waals surface area contributed by atoms with E-state index in [0.717, 1.165) is 39.3 Å². The number of aromatic nitrogens is 2. The maximum absolute atomic E-state index is 12.9. The van der Waals surface area contributed by atoms with Gasteiger partial charge in [-0.05, 0) is 36.1 Å². The second-order valence-corrected chi connectivity index (χ2v) is 8.93. The van der Waals surface area contributed by atoms with Crippen molar-refractivity contribution in [1.82, 2.24) is 9.97 Å². The van der Waals surface area contributed by atoms with Gasteiger partial charge >= 0.3 is 0 Å². The molecule has 7 nitrogen and oxygen atoms in total. The molecule has 172 valence electrons. The van der Waals surface area contributed by atoms with E-state index in [4.69, 9.17) is 17.3 Å². The lowest BCUT2D eigenvalue weighted by atomic mass is 9.76. The Labute approximate surface area is 203 Å². The fourth-order valence-corrected chi connectivity index (χ4v) is 5.25. The molecule has 3 N–H and O–H groups in total. The van der Waals surface area contributed by atoms with Crippen LogP contribution >= 0.6 is 11.6 Å². The van der Waals surface area contributed by atoms with Gasteiger partial charge in [0.1, 0.15) is 0 Å². The molecule has 2 aromatic heterocycles. The third kappa shape index (κ3) is 3.62. The summed E-state index contributed by atoms with van der Waals surface area (Å²) in [6, 6.07) is 11.9. The Morgan fingerprint density at radius 1 is 1.21 bits per heavy atom. The number of anilines is 2. The van der Waals surface area contributed by atoms with Gasteiger partial charge in [-0.1, -0.05) is 35.9 Å². The van der Waals surface area contributed by atoms with Crippen LogP contribution < -0.4 is 16.0 Å². The molecule has 0 unspecified atom stereocenters. The van der Waals surface area contributed by atoms with Crippen molar-refractivity contribution in [2.45, 2.75) is 18.3 Å². The highest BCUT2D eigenvalue weighted by Gasteiger charge is 2.49. The highest BCUT2D eigenvalue weighted by atomic mass is 35.5. The first-order valence-electron chi connectivity index (χ1n) is 11.2. The average molecular weight is 473 g/mol. The lowest BCUT2D eigenvalue weighted by Crippen LogP contribution is -2.47. The number of benzene rings is 1. The van der Waals surface area contributed by atoms with E-state index < -0.39 is 5.41 Å². The number of allylic oxidation sites excluding steroid dienone is 1. The fraction of sp³-hybridized carbons (Fsp3) is 0.231. The minimum Gasteiger partial charge on any atom is -0.404 e. The summed E-state index contributed by atoms with van der Waals surface area (Å²) in [5.41, 5.74) is 11.6. The molecule has 1 spiro atoms. The predicted molar refractivity (Wildman–Crippen MR) is 137 cm³/mol. The minimum absolute atomic E-state index is 0.0388. The summed E-state index contributed by atoms with van der Waals surface area (Å²) in [5, 5.41) is 3.60. The van der Waals surface area contributed by atoms with E-state index >= 15 is 0 Å². The molecular weight excluding hydrogens is 448 g/mol. The lowest BCUT2D eigenvalue weighted by Gasteiger charge is -2.39. The lowest BCUT2D eigenvalue weighted by molar-refractivity contribution is -0.121. The van der Waals surface area contributed by atoms with E-state index in [9.17, 15) is 4.79 Å². The first kappa shape index (κ1) is 22.1. The zero-order valence-electron chi connectivity index (χ0n) is 18.8. The number of rotatable bonds is 4. The number of fused-ring (bicyclic) bond motifs is 2. The van der Waals surface area contributed by atoms with E-state index in [1.54, 1.807) is 31.9 Å². The molecule has 0 aliphatic carbocycles. The number of aliphatic imine (C=N–C) groups is 1. The molecule has 1 fully saturated rings. The molecular formula is C26H25ClN6O. The molecule has 2 aliphatic rings. The number of hydrogen-bond acceptors (Lipinski definition) is 6. The number of piperidine rings is 1. The molecule has 0 radical (unpaired) electrons. The summed E-state index contributed by atoms with van der Waals surface area (Å²) in [5.74, 6) is 0.0388. The van der Waals surface area contributed by atoms with Crippen LogP contribution in [0.5, 0.6) is 0 Å². The number of carbonyl (C=O) groups is 1. The number of amides is 1. The van der Waals surface area contributed by atoms with Crippen LogP contribution in [0.1, 0.15) is 24.1 Å². The quantitative estimate of drug-likeness (QED) is 0.552. The molecule has 3 aromatic rings. The molecule has 0 saturated carbocycles. The van der Waals surface area contributed by atoms with Crippen molar-refractivity contribution in [1.29, 1.82) is 0 Å². The van der Waals surface area contributed by atoms with Crippen LogP contribution in [0.4, 0.5) is 11.4 Å². The van der Waals surface area contributed by atoms with Crippen LogP contribution in [0.2, 0.25) is 5.02 Å². The first-order valence-corrected chi connectivity index (χ1v) is 11.6. The molecule has 0 bridgehead atoms. The number of pyridine rings is 2. The van der Waals surface area contributed by atoms with Crippen LogP contribution in [-0.2, 0) is 10.2 Å². The maximum Gasteiger partial charge on any atom is 0.236 e. The number of halogens is 1. The molecule has 1 saturated heterocycles. The molecule has 0 atom stereocenters. The van der Waals surface area contributed by atoms with E-state index in [-0.39, 0.29) is 5.91 Å². The summed E-state index contributed by atoms with van der Waals surface area (Å²) in [7, 11) is 1.72. The van der Waals surface area contributed by atoms with E-state index in [2.05, 4.69) is 25.2 Å². The average Bonchev–Trinajstić information content (AvgIpc) is 3.14. The van der Waals surface area contributed by atoms with Gasteiger partial charge in [0.05, 0.1) is 27.5 Å². The zero-order valence-corrected chi connectivity index (χ0v) is 19.6. The van der Waals surface area contributed by atoms with Crippen LogP contribution in [-0.4, -0.2) is 42.2 Å². The Bertz CT molecular complexity index is 1290. The largest absolute Gasteiger partial charge is 0.404 e. The number of nitrogens with two attached hydrogens (primary N) is 1. The van der Waals surface area contributed by atoms with Gasteiger partial charge in [-0.2, -0.15) is 0 Å². The highest BCUT2D eigenvalue weighted by Crippen LogP contribution is 2.46. The van der Waals surface area contributed by atoms with E-state index in [1.807, 2.05) is 42.6 Å². The van der Waals surface area contributed by atoms with Crippen molar-refractivity contribution in [3.63, 3.8) is 0 Å². The minimum atomic E-state index is -0.583. The molecule has 8 heteroatoms. The first-order chi connectivity index (χ1) is 16.6. The standard InChI is InChI=1S/C26H25ClN6O/c1-29-14-19(13-28)17-4-6-18(7-5-17)20-15-30-16-21(27)23(20)33-11-8-26(9-12-33)24-22(32-25(26)34)3-2-10-31-24/h2-7,10,13-16H,8-9,11-12,28H2,1H3,(H,32,34). The summed E-state index contributed by atoms with van der Waals surface area (Å²) in [6.07, 6.45) is 9.88. The van der Waals surface area contributed by atoms with E-state index in [0.29, 0.717) is 31.0 Å². The smallest absolute Gasteiger partial charge is 0.236 e. The third-order valence-corrected chi connectivity index (χ3v) is 7.00. The molecule has 5 rings (SSSR count). The second kappa shape index (κ2) is 8.91. The van der Waals surface area contributed by atoms with Crippen molar-refractivity contribution in [2.75, 3.05) is 30.4 Å². The summed E-state index contributed by atoms with van der Waals surface area (Å²) in [4.78, 5) is 28.1. The Hall–Kier alpha value is -3.71. The Morgan fingerprint density at radius 2 is 1.97 bits per heavy atom. The van der Waals surface area contributed by atoms with Gasteiger partial charge in [-0.15, -0.1) is 0 Å². The van der Waals surface area contributed by atoms with Crippen LogP contribution in [0.3, 0.4) is 0 Å². The van der Waals surface area contributed by atoms with Crippen molar-refractivity contribution < 1.29 is 4.79 Å². The monoisotopic (exact) mass is 472 g/mol.